The second-order valence-corrected chi connectivity index (χ2v) is 4.13. The van der Waals surface area contributed by atoms with Gasteiger partial charge < -0.3 is 5.11 Å². The summed E-state index contributed by atoms with van der Waals surface area (Å²) in [6, 6.07) is 4.46. The summed E-state index contributed by atoms with van der Waals surface area (Å²) in [6.07, 6.45) is 0. The third-order valence-electron chi connectivity index (χ3n) is 1.67. The van der Waals surface area contributed by atoms with Crippen LogP contribution in [0.2, 0.25) is 0 Å². The highest BCUT2D eigenvalue weighted by Gasteiger charge is 2.14. The summed E-state index contributed by atoms with van der Waals surface area (Å²) in [5.41, 5.74) is 0.915. The van der Waals surface area contributed by atoms with Crippen LogP contribution < -0.4 is 0 Å². The highest BCUT2D eigenvalue weighted by molar-refractivity contribution is 7.85. The van der Waals surface area contributed by atoms with Crippen molar-refractivity contribution in [3.63, 3.8) is 0 Å². The van der Waals surface area contributed by atoms with Crippen molar-refractivity contribution in [1.29, 1.82) is 0 Å². The summed E-state index contributed by atoms with van der Waals surface area (Å²) in [6.45, 7) is 1.30. The van der Waals surface area contributed by atoms with Gasteiger partial charge in [0.05, 0.1) is 11.5 Å². The molecule has 0 aromatic heterocycles. The molecule has 0 heterocycles. The Balaban J connectivity index is 3.41. The van der Waals surface area contributed by atoms with Crippen LogP contribution in [0.4, 0.5) is 0 Å². The molecule has 0 aliphatic rings. The smallest absolute Gasteiger partial charge is 0.294 e. The molecule has 1 rings (SSSR count). The van der Waals surface area contributed by atoms with Crippen molar-refractivity contribution in [2.45, 2.75) is 18.4 Å². The van der Waals surface area contributed by atoms with E-state index in [-0.39, 0.29) is 10.5 Å². The van der Waals surface area contributed by atoms with Crippen LogP contribution in [0.3, 0.4) is 0 Å². The van der Waals surface area contributed by atoms with Gasteiger partial charge in [0.1, 0.15) is 0 Å². The number of aliphatic hydroxyl groups excluding tert-OH is 1. The molecule has 1 aromatic carbocycles. The molecule has 0 saturated carbocycles. The van der Waals surface area contributed by atoms with Crippen LogP contribution in [0.5, 0.6) is 0 Å². The molecule has 2 N–H and O–H groups in total. The van der Waals surface area contributed by atoms with Crippen molar-refractivity contribution in [3.8, 4) is 0 Å². The lowest BCUT2D eigenvalue weighted by molar-refractivity contribution is 0.278. The van der Waals surface area contributed by atoms with E-state index in [1.165, 1.54) is 12.1 Å². The lowest BCUT2D eigenvalue weighted by Gasteiger charge is -2.04. The summed E-state index contributed by atoms with van der Waals surface area (Å²) in [5, 5.41) is 8.80. The molecule has 1 aromatic rings. The molecular weight excluding hydrogens is 192 g/mol. The second kappa shape index (κ2) is 3.45. The van der Waals surface area contributed by atoms with E-state index in [1.54, 1.807) is 13.0 Å². The highest BCUT2D eigenvalue weighted by Crippen LogP contribution is 2.16. The maximum atomic E-state index is 10.8. The molecule has 0 amide bonds. The fraction of sp³-hybridized carbons (Fsp3) is 0.250. The number of benzene rings is 1. The van der Waals surface area contributed by atoms with Crippen molar-refractivity contribution < 1.29 is 18.1 Å². The highest BCUT2D eigenvalue weighted by atomic mass is 32.2. The Morgan fingerprint density at radius 2 is 2.00 bits per heavy atom. The van der Waals surface area contributed by atoms with Crippen LogP contribution in [0.1, 0.15) is 11.1 Å². The first-order valence-electron chi connectivity index (χ1n) is 3.63. The molecule has 4 nitrogen and oxygen atoms in total. The maximum Gasteiger partial charge on any atom is 0.294 e. The van der Waals surface area contributed by atoms with Crippen molar-refractivity contribution in [1.82, 2.24) is 0 Å². The van der Waals surface area contributed by atoms with Gasteiger partial charge in [-0.2, -0.15) is 8.42 Å². The quantitative estimate of drug-likeness (QED) is 0.693. The standard InChI is InChI=1S/C8H10O4S/c1-6-2-3-7(5-9)8(4-6)13(10,11)12/h2-4,9H,5H2,1H3,(H,10,11,12). The third-order valence-corrected chi connectivity index (χ3v) is 2.61. The van der Waals surface area contributed by atoms with Gasteiger partial charge in [0, 0.05) is 0 Å². The van der Waals surface area contributed by atoms with Crippen molar-refractivity contribution in [2.75, 3.05) is 0 Å². The summed E-state index contributed by atoms with van der Waals surface area (Å²) in [4.78, 5) is -0.227. The minimum Gasteiger partial charge on any atom is -0.392 e. The van der Waals surface area contributed by atoms with Gasteiger partial charge in [0.2, 0.25) is 0 Å². The van der Waals surface area contributed by atoms with Crippen molar-refractivity contribution >= 4 is 10.1 Å². The molecule has 0 bridgehead atoms. The molecule has 0 atom stereocenters. The van der Waals surface area contributed by atoms with Gasteiger partial charge in [-0.1, -0.05) is 12.1 Å². The average molecular weight is 202 g/mol. The summed E-state index contributed by atoms with van der Waals surface area (Å²) in [7, 11) is -4.23. The van der Waals surface area contributed by atoms with Crippen LogP contribution in [0.25, 0.3) is 0 Å². The van der Waals surface area contributed by atoms with Crippen LogP contribution in [-0.2, 0) is 16.7 Å². The third kappa shape index (κ3) is 2.27. The predicted octanol–water partition coefficient (Wildman–Crippen LogP) is 0.734. The van der Waals surface area contributed by atoms with E-state index in [0.717, 1.165) is 0 Å². The van der Waals surface area contributed by atoms with Crippen LogP contribution in [-0.4, -0.2) is 18.1 Å². The molecule has 0 aliphatic carbocycles. The zero-order valence-corrected chi connectivity index (χ0v) is 7.87. The molecule has 0 saturated heterocycles. The van der Waals surface area contributed by atoms with Gasteiger partial charge >= 0.3 is 0 Å². The Kier molecular flexibility index (Phi) is 2.70. The largest absolute Gasteiger partial charge is 0.392 e. The van der Waals surface area contributed by atoms with Crippen molar-refractivity contribution in [3.05, 3.63) is 29.3 Å². The number of rotatable bonds is 2. The molecule has 0 fully saturated rings. The summed E-state index contributed by atoms with van der Waals surface area (Å²) >= 11 is 0. The van der Waals surface area contributed by atoms with Crippen LogP contribution in [0.15, 0.2) is 23.1 Å². The lowest BCUT2D eigenvalue weighted by atomic mass is 10.2. The molecule has 72 valence electrons. The number of hydrogen-bond acceptors (Lipinski definition) is 3. The summed E-state index contributed by atoms with van der Waals surface area (Å²) < 4.78 is 30.4. The van der Waals surface area contributed by atoms with Crippen LogP contribution >= 0.6 is 0 Å². The zero-order chi connectivity index (χ0) is 10.1. The predicted molar refractivity (Wildman–Crippen MR) is 46.9 cm³/mol. The number of hydrogen-bond donors (Lipinski definition) is 2. The minimum atomic E-state index is -4.23. The van der Waals surface area contributed by atoms with Gasteiger partial charge in [0.25, 0.3) is 10.1 Å². The lowest BCUT2D eigenvalue weighted by Crippen LogP contribution is -2.03. The molecular formula is C8H10O4S. The molecule has 0 spiro atoms. The Bertz CT molecular complexity index is 408. The number of aliphatic hydroxyl groups is 1. The zero-order valence-electron chi connectivity index (χ0n) is 7.06. The van der Waals surface area contributed by atoms with Gasteiger partial charge in [0.15, 0.2) is 0 Å². The molecule has 13 heavy (non-hydrogen) atoms. The summed E-state index contributed by atoms with van der Waals surface area (Å²) in [5.74, 6) is 0. The first-order chi connectivity index (χ1) is 5.95. The first-order valence-corrected chi connectivity index (χ1v) is 5.07. The SMILES string of the molecule is Cc1ccc(CO)c(S(=O)(=O)O)c1. The van der Waals surface area contributed by atoms with E-state index in [0.29, 0.717) is 5.56 Å². The fourth-order valence-corrected chi connectivity index (χ4v) is 1.83. The van der Waals surface area contributed by atoms with E-state index in [1.807, 2.05) is 0 Å². The van der Waals surface area contributed by atoms with E-state index >= 15 is 0 Å². The van der Waals surface area contributed by atoms with E-state index < -0.39 is 16.7 Å². The monoisotopic (exact) mass is 202 g/mol. The average Bonchev–Trinajstić information content (AvgIpc) is 2.03. The molecule has 5 heteroatoms. The Morgan fingerprint density at radius 1 is 1.38 bits per heavy atom. The Hall–Kier alpha value is -0.910. The van der Waals surface area contributed by atoms with Crippen molar-refractivity contribution in [2.24, 2.45) is 0 Å². The topological polar surface area (TPSA) is 74.6 Å². The van der Waals surface area contributed by atoms with Gasteiger partial charge in [-0.05, 0) is 24.1 Å². The van der Waals surface area contributed by atoms with Gasteiger partial charge in [-0.3, -0.25) is 4.55 Å². The van der Waals surface area contributed by atoms with Gasteiger partial charge in [-0.15, -0.1) is 0 Å². The second-order valence-electron chi connectivity index (χ2n) is 2.74. The first kappa shape index (κ1) is 10.2. The van der Waals surface area contributed by atoms with E-state index in [9.17, 15) is 8.42 Å². The van der Waals surface area contributed by atoms with Gasteiger partial charge in [-0.25, -0.2) is 0 Å². The normalized spacial score (nSPS) is 11.6. The Morgan fingerprint density at radius 3 is 2.46 bits per heavy atom. The molecule has 0 radical (unpaired) electrons. The van der Waals surface area contributed by atoms with Crippen LogP contribution in [0, 0.1) is 6.92 Å². The van der Waals surface area contributed by atoms with E-state index in [4.69, 9.17) is 9.66 Å². The Labute approximate surface area is 76.6 Å². The fourth-order valence-electron chi connectivity index (χ4n) is 1.03. The molecule has 0 unspecified atom stereocenters. The number of aryl methyl sites for hydroxylation is 1. The minimum absolute atomic E-state index is 0.202. The maximum absolute atomic E-state index is 10.8. The van der Waals surface area contributed by atoms with E-state index in [2.05, 4.69) is 0 Å². The molecule has 0 aliphatic heterocycles.